The zero-order valence-electron chi connectivity index (χ0n) is 9.14. The summed E-state index contributed by atoms with van der Waals surface area (Å²) in [6.45, 7) is 0. The first-order valence-corrected chi connectivity index (χ1v) is 5.17. The number of halogens is 1. The molecule has 0 saturated heterocycles. The molecule has 0 fully saturated rings. The molecule has 1 aromatic rings. The highest BCUT2D eigenvalue weighted by molar-refractivity contribution is 6.32. The van der Waals surface area contributed by atoms with E-state index >= 15 is 0 Å². The summed E-state index contributed by atoms with van der Waals surface area (Å²) in [6, 6.07) is 6.83. The van der Waals surface area contributed by atoms with E-state index in [0.717, 1.165) is 0 Å². The lowest BCUT2D eigenvalue weighted by Crippen LogP contribution is -2.09. The summed E-state index contributed by atoms with van der Waals surface area (Å²) >= 11 is 5.91. The number of carbonyl (C=O) groups is 2. The second-order valence-electron chi connectivity index (χ2n) is 3.25. The molecule has 0 aliphatic heterocycles. The van der Waals surface area contributed by atoms with Crippen molar-refractivity contribution in [2.24, 2.45) is 0 Å². The van der Waals surface area contributed by atoms with Crippen molar-refractivity contribution < 1.29 is 19.4 Å². The van der Waals surface area contributed by atoms with Crippen LogP contribution in [0.4, 0.5) is 0 Å². The maximum absolute atomic E-state index is 11.4. The third kappa shape index (κ3) is 3.92. The van der Waals surface area contributed by atoms with Crippen LogP contribution >= 0.6 is 11.6 Å². The van der Waals surface area contributed by atoms with Gasteiger partial charge in [0, 0.05) is 10.6 Å². The molecule has 17 heavy (non-hydrogen) atoms. The molecule has 0 aliphatic rings. The molecule has 1 rings (SSSR count). The first-order valence-electron chi connectivity index (χ1n) is 4.80. The van der Waals surface area contributed by atoms with Gasteiger partial charge in [0.25, 0.3) is 0 Å². The molecule has 1 N–H and O–H groups in total. The smallest absolute Gasteiger partial charge is 0.334 e. The Kier molecular flexibility index (Phi) is 4.72. The minimum absolute atomic E-state index is 0.0492. The van der Waals surface area contributed by atoms with Crippen LogP contribution in [0.5, 0.6) is 0 Å². The van der Waals surface area contributed by atoms with Gasteiger partial charge in [-0.15, -0.1) is 0 Å². The van der Waals surface area contributed by atoms with Gasteiger partial charge in [-0.3, -0.25) is 4.79 Å². The van der Waals surface area contributed by atoms with Crippen molar-refractivity contribution in [3.8, 4) is 0 Å². The Labute approximate surface area is 103 Å². The summed E-state index contributed by atoms with van der Waals surface area (Å²) in [5, 5.41) is 9.14. The van der Waals surface area contributed by atoms with Crippen molar-refractivity contribution >= 4 is 29.6 Å². The largest absolute Gasteiger partial charge is 0.481 e. The summed E-state index contributed by atoms with van der Waals surface area (Å²) in [5.41, 5.74) is 0.629. The highest BCUT2D eigenvalue weighted by Gasteiger charge is 2.14. The van der Waals surface area contributed by atoms with Crippen molar-refractivity contribution in [3.63, 3.8) is 0 Å². The molecule has 0 unspecified atom stereocenters. The van der Waals surface area contributed by atoms with Crippen LogP contribution in [0.3, 0.4) is 0 Å². The minimum atomic E-state index is -1.10. The molecule has 0 spiro atoms. The van der Waals surface area contributed by atoms with E-state index in [1.165, 1.54) is 13.2 Å². The van der Waals surface area contributed by atoms with Gasteiger partial charge in [0.15, 0.2) is 0 Å². The van der Waals surface area contributed by atoms with Crippen molar-refractivity contribution in [1.29, 1.82) is 0 Å². The predicted molar refractivity (Wildman–Crippen MR) is 63.7 cm³/mol. The number of methoxy groups -OCH3 is 1. The number of carboxylic acid groups (broad SMARTS) is 1. The number of hydrogen-bond donors (Lipinski definition) is 1. The normalized spacial score (nSPS) is 11.1. The first-order chi connectivity index (χ1) is 8.04. The summed E-state index contributed by atoms with van der Waals surface area (Å²) in [4.78, 5) is 22.0. The Morgan fingerprint density at radius 1 is 1.41 bits per heavy atom. The van der Waals surface area contributed by atoms with E-state index in [1.807, 2.05) is 0 Å². The van der Waals surface area contributed by atoms with E-state index < -0.39 is 18.4 Å². The van der Waals surface area contributed by atoms with E-state index in [2.05, 4.69) is 4.74 Å². The fourth-order valence-electron chi connectivity index (χ4n) is 1.26. The van der Waals surface area contributed by atoms with Crippen LogP contribution in [0, 0.1) is 0 Å². The molecule has 0 aliphatic carbocycles. The molecule has 0 radical (unpaired) electrons. The topological polar surface area (TPSA) is 63.6 Å². The van der Waals surface area contributed by atoms with Gasteiger partial charge in [0.05, 0.1) is 13.5 Å². The summed E-state index contributed by atoms with van der Waals surface area (Å²) in [5.74, 6) is -1.78. The molecular weight excluding hydrogens is 244 g/mol. The number of esters is 1. The Hall–Kier alpha value is -1.81. The van der Waals surface area contributed by atoms with Gasteiger partial charge >= 0.3 is 11.9 Å². The van der Waals surface area contributed by atoms with Crippen molar-refractivity contribution in [2.45, 2.75) is 6.42 Å². The number of carbonyl (C=O) groups excluding carboxylic acids is 1. The minimum Gasteiger partial charge on any atom is -0.481 e. The Morgan fingerprint density at radius 2 is 2.06 bits per heavy atom. The van der Waals surface area contributed by atoms with Gasteiger partial charge in [-0.25, -0.2) is 4.79 Å². The van der Waals surface area contributed by atoms with Crippen LogP contribution in [-0.2, 0) is 14.3 Å². The van der Waals surface area contributed by atoms with Gasteiger partial charge < -0.3 is 9.84 Å². The Bertz CT molecular complexity index is 465. The van der Waals surface area contributed by atoms with Crippen LogP contribution in [-0.4, -0.2) is 24.2 Å². The molecule has 1 aromatic carbocycles. The van der Waals surface area contributed by atoms with Crippen molar-refractivity contribution in [1.82, 2.24) is 0 Å². The van der Waals surface area contributed by atoms with Crippen LogP contribution in [0.2, 0.25) is 5.02 Å². The fourth-order valence-corrected chi connectivity index (χ4v) is 1.45. The molecule has 90 valence electrons. The van der Waals surface area contributed by atoms with E-state index in [9.17, 15) is 9.59 Å². The maximum Gasteiger partial charge on any atom is 0.334 e. The maximum atomic E-state index is 11.4. The SMILES string of the molecule is COC(=O)C(=Cc1ccccc1Cl)CC(=O)O. The standard InChI is InChI=1S/C12H11ClO4/c1-17-12(16)9(7-11(14)15)6-8-4-2-3-5-10(8)13/h2-6H,7H2,1H3,(H,14,15). The van der Waals surface area contributed by atoms with Gasteiger partial charge in [-0.2, -0.15) is 0 Å². The van der Waals surface area contributed by atoms with Crippen LogP contribution in [0.25, 0.3) is 6.08 Å². The lowest BCUT2D eigenvalue weighted by atomic mass is 10.1. The average molecular weight is 255 g/mol. The van der Waals surface area contributed by atoms with Crippen LogP contribution in [0.1, 0.15) is 12.0 Å². The second-order valence-corrected chi connectivity index (χ2v) is 3.66. The van der Waals surface area contributed by atoms with Gasteiger partial charge in [0.2, 0.25) is 0 Å². The van der Waals surface area contributed by atoms with E-state index in [1.54, 1.807) is 24.3 Å². The van der Waals surface area contributed by atoms with Gasteiger partial charge in [-0.1, -0.05) is 29.8 Å². The predicted octanol–water partition coefficient (Wildman–Crippen LogP) is 2.37. The fraction of sp³-hybridized carbons (Fsp3) is 0.167. The molecule has 0 aromatic heterocycles. The summed E-state index contributed by atoms with van der Waals surface area (Å²) in [6.07, 6.45) is 1.01. The molecule has 0 saturated carbocycles. The lowest BCUT2D eigenvalue weighted by Gasteiger charge is -2.04. The van der Waals surface area contributed by atoms with Crippen LogP contribution < -0.4 is 0 Å². The van der Waals surface area contributed by atoms with Crippen molar-refractivity contribution in [2.75, 3.05) is 7.11 Å². The van der Waals surface area contributed by atoms with Crippen LogP contribution in [0.15, 0.2) is 29.8 Å². The molecule has 0 heterocycles. The molecule has 5 heteroatoms. The summed E-state index contributed by atoms with van der Waals surface area (Å²) < 4.78 is 4.51. The number of benzene rings is 1. The zero-order valence-corrected chi connectivity index (χ0v) is 9.90. The third-order valence-electron chi connectivity index (χ3n) is 2.02. The van der Waals surface area contributed by atoms with Gasteiger partial charge in [-0.05, 0) is 17.7 Å². The van der Waals surface area contributed by atoms with Gasteiger partial charge in [0.1, 0.15) is 0 Å². The first kappa shape index (κ1) is 13.3. The number of aliphatic carboxylic acids is 1. The highest BCUT2D eigenvalue weighted by atomic mass is 35.5. The number of ether oxygens (including phenoxy) is 1. The molecule has 0 atom stereocenters. The van der Waals surface area contributed by atoms with E-state index in [0.29, 0.717) is 10.6 Å². The quantitative estimate of drug-likeness (QED) is 0.662. The highest BCUT2D eigenvalue weighted by Crippen LogP contribution is 2.19. The summed E-state index contributed by atoms with van der Waals surface area (Å²) in [7, 11) is 1.20. The third-order valence-corrected chi connectivity index (χ3v) is 2.37. The monoisotopic (exact) mass is 254 g/mol. The van der Waals surface area contributed by atoms with E-state index in [-0.39, 0.29) is 5.57 Å². The number of hydrogen-bond acceptors (Lipinski definition) is 3. The zero-order chi connectivity index (χ0) is 12.8. The van der Waals surface area contributed by atoms with Crippen molar-refractivity contribution in [3.05, 3.63) is 40.4 Å². The number of carboxylic acids is 1. The average Bonchev–Trinajstić information content (AvgIpc) is 2.29. The molecule has 0 bridgehead atoms. The molecule has 4 nitrogen and oxygen atoms in total. The Balaban J connectivity index is 3.09. The van der Waals surface area contributed by atoms with E-state index in [4.69, 9.17) is 16.7 Å². The second kappa shape index (κ2) is 6.06. The lowest BCUT2D eigenvalue weighted by molar-refractivity contribution is -0.141. The number of rotatable bonds is 4. The Morgan fingerprint density at radius 3 is 2.59 bits per heavy atom. The molecular formula is C12H11ClO4. The molecule has 0 amide bonds.